The molecule has 5 aromatic carbocycles. The first-order valence-electron chi connectivity index (χ1n) is 13.2. The molecule has 0 unspecified atom stereocenters. The molecule has 0 spiro atoms. The highest BCUT2D eigenvalue weighted by molar-refractivity contribution is 6.16. The van der Waals surface area contributed by atoms with Gasteiger partial charge in [0.15, 0.2) is 5.78 Å². The molecule has 0 amide bonds. The van der Waals surface area contributed by atoms with E-state index in [9.17, 15) is 13.6 Å². The summed E-state index contributed by atoms with van der Waals surface area (Å²) in [6, 6.07) is 40.4. The number of ketones is 1. The lowest BCUT2D eigenvalue weighted by atomic mass is 9.90. The van der Waals surface area contributed by atoms with Crippen LogP contribution in [0.3, 0.4) is 0 Å². The van der Waals surface area contributed by atoms with Crippen molar-refractivity contribution in [2.45, 2.75) is 0 Å². The molecule has 1 aromatic heterocycles. The fourth-order valence-electron chi connectivity index (χ4n) is 4.87. The normalized spacial score (nSPS) is 10.8. The topological polar surface area (TPSA) is 30.2 Å². The van der Waals surface area contributed by atoms with Gasteiger partial charge in [0.2, 0.25) is 0 Å². The first-order valence-corrected chi connectivity index (χ1v) is 13.2. The van der Waals surface area contributed by atoms with Crippen LogP contribution in [0.4, 0.5) is 8.78 Å². The fourth-order valence-corrected chi connectivity index (χ4v) is 4.87. The quantitative estimate of drug-likeness (QED) is 0.189. The Kier molecular flexibility index (Phi) is 7.21. The molecular formula is C37H24F2O2. The molecule has 41 heavy (non-hydrogen) atoms. The van der Waals surface area contributed by atoms with E-state index in [1.165, 1.54) is 24.3 Å². The van der Waals surface area contributed by atoms with Crippen LogP contribution in [0.25, 0.3) is 34.3 Å². The molecule has 6 aromatic rings. The van der Waals surface area contributed by atoms with E-state index in [-0.39, 0.29) is 17.4 Å². The SMILES string of the molecule is O=C(c1ccccc1)c1c(-c2ccccc2)oc(-c2ccccc2)c1C=C(c1ccc(F)cc1)c1ccc(F)cc1. The molecule has 6 rings (SSSR count). The standard InChI is InChI=1S/C37H24F2O2/c38-30-20-16-25(17-21-30)32(26-18-22-31(39)23-19-26)24-33-34(35(40)27-10-4-1-5-11-27)37(29-14-8-3-9-15-29)41-36(33)28-12-6-2-7-13-28/h1-24H. The first-order chi connectivity index (χ1) is 20.1. The van der Waals surface area contributed by atoms with Crippen LogP contribution >= 0.6 is 0 Å². The van der Waals surface area contributed by atoms with Crippen LogP contribution in [0.2, 0.25) is 0 Å². The number of halogens is 2. The molecule has 0 atom stereocenters. The summed E-state index contributed by atoms with van der Waals surface area (Å²) in [6.45, 7) is 0. The molecule has 4 heteroatoms. The Morgan fingerprint density at radius 2 is 0.951 bits per heavy atom. The number of carbonyl (C=O) groups is 1. The van der Waals surface area contributed by atoms with Gasteiger partial charge in [-0.25, -0.2) is 8.78 Å². The zero-order valence-corrected chi connectivity index (χ0v) is 21.9. The molecule has 0 aliphatic carbocycles. The van der Waals surface area contributed by atoms with Crippen molar-refractivity contribution in [3.8, 4) is 22.6 Å². The van der Waals surface area contributed by atoms with Crippen molar-refractivity contribution < 1.29 is 18.0 Å². The number of furan rings is 1. The third-order valence-electron chi connectivity index (χ3n) is 6.88. The number of rotatable bonds is 7. The van der Waals surface area contributed by atoms with Crippen LogP contribution in [0.15, 0.2) is 144 Å². The Balaban J connectivity index is 1.70. The minimum atomic E-state index is -0.369. The van der Waals surface area contributed by atoms with Crippen molar-refractivity contribution in [2.75, 3.05) is 0 Å². The molecule has 0 saturated heterocycles. The summed E-state index contributed by atoms with van der Waals surface area (Å²) in [6.07, 6.45) is 1.88. The lowest BCUT2D eigenvalue weighted by molar-refractivity contribution is 0.103. The van der Waals surface area contributed by atoms with Gasteiger partial charge in [-0.15, -0.1) is 0 Å². The Morgan fingerprint density at radius 3 is 1.44 bits per heavy atom. The highest BCUT2D eigenvalue weighted by atomic mass is 19.1. The van der Waals surface area contributed by atoms with E-state index in [1.54, 1.807) is 36.4 Å². The number of carbonyl (C=O) groups excluding carboxylic acids is 1. The van der Waals surface area contributed by atoms with Gasteiger partial charge in [-0.2, -0.15) is 0 Å². The summed E-state index contributed by atoms with van der Waals surface area (Å²) < 4.78 is 34.5. The smallest absolute Gasteiger partial charge is 0.197 e. The maximum Gasteiger partial charge on any atom is 0.197 e. The van der Waals surface area contributed by atoms with Crippen LogP contribution in [0, 0.1) is 11.6 Å². The van der Waals surface area contributed by atoms with Gasteiger partial charge in [0.05, 0.1) is 5.56 Å². The van der Waals surface area contributed by atoms with Gasteiger partial charge in [0.1, 0.15) is 23.2 Å². The Morgan fingerprint density at radius 1 is 0.512 bits per heavy atom. The maximum absolute atomic E-state index is 14.3. The second-order valence-corrected chi connectivity index (χ2v) is 9.55. The van der Waals surface area contributed by atoms with E-state index in [0.717, 1.165) is 11.1 Å². The van der Waals surface area contributed by atoms with Crippen LogP contribution in [0.5, 0.6) is 0 Å². The van der Waals surface area contributed by atoms with Gasteiger partial charge in [0, 0.05) is 22.3 Å². The van der Waals surface area contributed by atoms with Gasteiger partial charge in [-0.3, -0.25) is 4.79 Å². The van der Waals surface area contributed by atoms with Crippen molar-refractivity contribution in [3.63, 3.8) is 0 Å². The lowest BCUT2D eigenvalue weighted by Gasteiger charge is -2.11. The van der Waals surface area contributed by atoms with E-state index < -0.39 is 0 Å². The second-order valence-electron chi connectivity index (χ2n) is 9.55. The van der Waals surface area contributed by atoms with Gasteiger partial charge < -0.3 is 4.42 Å². The molecule has 0 bridgehead atoms. The van der Waals surface area contributed by atoms with Crippen LogP contribution < -0.4 is 0 Å². The van der Waals surface area contributed by atoms with Crippen molar-refractivity contribution in [1.29, 1.82) is 0 Å². The molecule has 0 radical (unpaired) electrons. The number of hydrogen-bond donors (Lipinski definition) is 0. The first kappa shape index (κ1) is 25.9. The fraction of sp³-hybridized carbons (Fsp3) is 0. The summed E-state index contributed by atoms with van der Waals surface area (Å²) in [5.41, 5.74) is 5.15. The summed E-state index contributed by atoms with van der Waals surface area (Å²) in [5.74, 6) is 0.0328. The third kappa shape index (κ3) is 5.41. The highest BCUT2D eigenvalue weighted by Crippen LogP contribution is 2.41. The van der Waals surface area contributed by atoms with Crippen molar-refractivity contribution in [3.05, 3.63) is 179 Å². The highest BCUT2D eigenvalue weighted by Gasteiger charge is 2.28. The van der Waals surface area contributed by atoms with Crippen molar-refractivity contribution >= 4 is 17.4 Å². The minimum Gasteiger partial charge on any atom is -0.455 e. The van der Waals surface area contributed by atoms with Crippen molar-refractivity contribution in [2.24, 2.45) is 0 Å². The van der Waals surface area contributed by atoms with E-state index in [2.05, 4.69) is 0 Å². The third-order valence-corrected chi connectivity index (χ3v) is 6.88. The van der Waals surface area contributed by atoms with E-state index >= 15 is 0 Å². The summed E-state index contributed by atoms with van der Waals surface area (Å²) in [5, 5.41) is 0. The molecule has 2 nitrogen and oxygen atoms in total. The number of benzene rings is 5. The zero-order valence-electron chi connectivity index (χ0n) is 21.9. The monoisotopic (exact) mass is 538 g/mol. The van der Waals surface area contributed by atoms with Gasteiger partial charge in [0.25, 0.3) is 0 Å². The Labute approximate surface area is 236 Å². The molecule has 0 saturated carbocycles. The van der Waals surface area contributed by atoms with Crippen molar-refractivity contribution in [1.82, 2.24) is 0 Å². The molecule has 198 valence electrons. The predicted molar refractivity (Wildman–Crippen MR) is 159 cm³/mol. The van der Waals surface area contributed by atoms with E-state index in [4.69, 9.17) is 4.42 Å². The van der Waals surface area contributed by atoms with Crippen LogP contribution in [0.1, 0.15) is 32.6 Å². The maximum atomic E-state index is 14.3. The largest absolute Gasteiger partial charge is 0.455 e. The molecule has 0 aliphatic rings. The van der Waals surface area contributed by atoms with Crippen LogP contribution in [-0.2, 0) is 0 Å². The summed E-state index contributed by atoms with van der Waals surface area (Å²) in [7, 11) is 0. The van der Waals surface area contributed by atoms with E-state index in [0.29, 0.717) is 44.9 Å². The Hall–Kier alpha value is -5.35. The number of hydrogen-bond acceptors (Lipinski definition) is 2. The van der Waals surface area contributed by atoms with Gasteiger partial charge in [-0.05, 0) is 47.0 Å². The van der Waals surface area contributed by atoms with E-state index in [1.807, 2.05) is 84.9 Å². The Bertz CT molecular complexity index is 1770. The molecule has 0 aliphatic heterocycles. The second kappa shape index (κ2) is 11.4. The average Bonchev–Trinajstić information content (AvgIpc) is 3.41. The minimum absolute atomic E-state index is 0.195. The van der Waals surface area contributed by atoms with Gasteiger partial charge in [-0.1, -0.05) is 115 Å². The molecule has 0 fully saturated rings. The molecule has 0 N–H and O–H groups in total. The van der Waals surface area contributed by atoms with Crippen LogP contribution in [-0.4, -0.2) is 5.78 Å². The summed E-state index contributed by atoms with van der Waals surface area (Å²) >= 11 is 0. The predicted octanol–water partition coefficient (Wildman–Crippen LogP) is 9.71. The average molecular weight is 539 g/mol. The molecule has 1 heterocycles. The zero-order chi connectivity index (χ0) is 28.2. The molecular weight excluding hydrogens is 514 g/mol. The summed E-state index contributed by atoms with van der Waals surface area (Å²) in [4.78, 5) is 14.3. The lowest BCUT2D eigenvalue weighted by Crippen LogP contribution is -2.04. The van der Waals surface area contributed by atoms with Gasteiger partial charge >= 0.3 is 0 Å².